The maximum absolute atomic E-state index is 11.0. The zero-order chi connectivity index (χ0) is 15.3. The molecule has 0 aliphatic rings. The molecule has 0 bridgehead atoms. The van der Waals surface area contributed by atoms with E-state index in [9.17, 15) is 10.1 Å². The molecule has 0 saturated carbocycles. The number of aromatic nitrogens is 2. The third kappa shape index (κ3) is 4.02. The summed E-state index contributed by atoms with van der Waals surface area (Å²) in [6.45, 7) is 9.77. The van der Waals surface area contributed by atoms with Crippen molar-refractivity contribution in [3.8, 4) is 0 Å². The van der Waals surface area contributed by atoms with Crippen molar-refractivity contribution in [2.45, 2.75) is 39.8 Å². The van der Waals surface area contributed by atoms with Crippen LogP contribution in [0.2, 0.25) is 0 Å². The van der Waals surface area contributed by atoms with Crippen LogP contribution in [0.25, 0.3) is 0 Å². The van der Waals surface area contributed by atoms with Crippen molar-refractivity contribution in [2.75, 3.05) is 24.1 Å². The van der Waals surface area contributed by atoms with Crippen molar-refractivity contribution in [1.29, 1.82) is 0 Å². The van der Waals surface area contributed by atoms with Crippen molar-refractivity contribution >= 4 is 17.3 Å². The van der Waals surface area contributed by atoms with E-state index < -0.39 is 4.92 Å². The molecule has 8 nitrogen and oxygen atoms in total. The Bertz CT molecular complexity index is 455. The maximum Gasteiger partial charge on any atom is 0.352 e. The van der Waals surface area contributed by atoms with E-state index in [1.165, 1.54) is 6.33 Å². The van der Waals surface area contributed by atoms with Gasteiger partial charge < -0.3 is 11.1 Å². The minimum atomic E-state index is -0.569. The average molecular weight is 282 g/mol. The second-order valence-electron chi connectivity index (χ2n) is 5.07. The van der Waals surface area contributed by atoms with Crippen LogP contribution >= 0.6 is 0 Å². The van der Waals surface area contributed by atoms with Crippen LogP contribution in [0.4, 0.5) is 17.3 Å². The van der Waals surface area contributed by atoms with E-state index in [0.29, 0.717) is 18.6 Å². The number of nitrogens with one attached hydrogen (secondary N) is 1. The Morgan fingerprint density at radius 2 is 1.95 bits per heavy atom. The summed E-state index contributed by atoms with van der Waals surface area (Å²) in [5.41, 5.74) is 5.24. The van der Waals surface area contributed by atoms with Crippen molar-refractivity contribution in [1.82, 2.24) is 14.9 Å². The fourth-order valence-electron chi connectivity index (χ4n) is 2.12. The quantitative estimate of drug-likeness (QED) is 0.576. The molecule has 0 aliphatic carbocycles. The third-order valence-corrected chi connectivity index (χ3v) is 3.02. The van der Waals surface area contributed by atoms with Crippen molar-refractivity contribution in [3.05, 3.63) is 16.4 Å². The second kappa shape index (κ2) is 6.99. The summed E-state index contributed by atoms with van der Waals surface area (Å²) in [7, 11) is 0. The molecule has 0 unspecified atom stereocenters. The molecule has 0 saturated heterocycles. The molecule has 0 atom stereocenters. The molecular weight excluding hydrogens is 260 g/mol. The van der Waals surface area contributed by atoms with Crippen LogP contribution in [0.3, 0.4) is 0 Å². The summed E-state index contributed by atoms with van der Waals surface area (Å²) in [6.07, 6.45) is 1.22. The van der Waals surface area contributed by atoms with Gasteiger partial charge in [-0.05, 0) is 27.7 Å². The molecular formula is C12H22N6O2. The number of rotatable bonds is 7. The summed E-state index contributed by atoms with van der Waals surface area (Å²) < 4.78 is 0. The van der Waals surface area contributed by atoms with Gasteiger partial charge in [0.05, 0.1) is 4.92 Å². The predicted octanol–water partition coefficient (Wildman–Crippen LogP) is 1.50. The molecule has 1 aromatic rings. The van der Waals surface area contributed by atoms with Gasteiger partial charge in [0.25, 0.3) is 0 Å². The average Bonchev–Trinajstić information content (AvgIpc) is 2.33. The molecule has 0 fully saturated rings. The smallest absolute Gasteiger partial charge is 0.352 e. The van der Waals surface area contributed by atoms with Crippen LogP contribution in [-0.2, 0) is 0 Å². The van der Waals surface area contributed by atoms with Gasteiger partial charge in [0, 0.05) is 25.2 Å². The first-order chi connectivity index (χ1) is 9.34. The van der Waals surface area contributed by atoms with Crippen LogP contribution in [-0.4, -0.2) is 45.0 Å². The van der Waals surface area contributed by atoms with Crippen LogP contribution in [0.1, 0.15) is 27.7 Å². The first-order valence-electron chi connectivity index (χ1n) is 6.59. The number of nitro groups is 1. The highest BCUT2D eigenvalue weighted by atomic mass is 16.6. The highest BCUT2D eigenvalue weighted by Gasteiger charge is 2.21. The molecule has 0 amide bonds. The van der Waals surface area contributed by atoms with Gasteiger partial charge in [0.2, 0.25) is 11.6 Å². The van der Waals surface area contributed by atoms with Crippen molar-refractivity contribution in [3.63, 3.8) is 0 Å². The molecule has 112 valence electrons. The monoisotopic (exact) mass is 282 g/mol. The fraction of sp³-hybridized carbons (Fsp3) is 0.667. The molecule has 0 radical (unpaired) electrons. The van der Waals surface area contributed by atoms with Crippen molar-refractivity contribution < 1.29 is 4.92 Å². The molecule has 0 aromatic carbocycles. The lowest BCUT2D eigenvalue weighted by atomic mass is 10.2. The van der Waals surface area contributed by atoms with Gasteiger partial charge in [-0.1, -0.05) is 0 Å². The zero-order valence-corrected chi connectivity index (χ0v) is 12.3. The molecule has 1 aromatic heterocycles. The van der Waals surface area contributed by atoms with Gasteiger partial charge >= 0.3 is 5.69 Å². The summed E-state index contributed by atoms with van der Waals surface area (Å²) in [6, 6.07) is 0.810. The number of nitrogen functional groups attached to an aromatic ring is 1. The Morgan fingerprint density at radius 3 is 2.45 bits per heavy atom. The van der Waals surface area contributed by atoms with E-state index in [4.69, 9.17) is 5.73 Å². The lowest BCUT2D eigenvalue weighted by Gasteiger charge is -2.30. The maximum atomic E-state index is 11.0. The molecule has 20 heavy (non-hydrogen) atoms. The predicted molar refractivity (Wildman–Crippen MR) is 78.6 cm³/mol. The molecule has 1 rings (SSSR count). The highest BCUT2D eigenvalue weighted by Crippen LogP contribution is 2.25. The van der Waals surface area contributed by atoms with Crippen LogP contribution in [0.5, 0.6) is 0 Å². The van der Waals surface area contributed by atoms with E-state index >= 15 is 0 Å². The fourth-order valence-corrected chi connectivity index (χ4v) is 2.12. The van der Waals surface area contributed by atoms with E-state index in [0.717, 1.165) is 6.54 Å². The molecule has 0 spiro atoms. The largest absolute Gasteiger partial charge is 0.378 e. The summed E-state index contributed by atoms with van der Waals surface area (Å²) in [5, 5.41) is 13.9. The topological polar surface area (TPSA) is 110 Å². The first kappa shape index (κ1) is 16.1. The van der Waals surface area contributed by atoms with Gasteiger partial charge in [-0.3, -0.25) is 15.0 Å². The van der Waals surface area contributed by atoms with Gasteiger partial charge in [-0.15, -0.1) is 0 Å². The van der Waals surface area contributed by atoms with Gasteiger partial charge in [-0.25, -0.2) is 9.97 Å². The molecule has 0 aliphatic heterocycles. The first-order valence-corrected chi connectivity index (χ1v) is 6.59. The van der Waals surface area contributed by atoms with Crippen LogP contribution in [0, 0.1) is 10.1 Å². The molecule has 8 heteroatoms. The lowest BCUT2D eigenvalue weighted by molar-refractivity contribution is -0.383. The summed E-state index contributed by atoms with van der Waals surface area (Å²) in [4.78, 5) is 20.2. The number of hydrogen-bond donors (Lipinski definition) is 2. The van der Waals surface area contributed by atoms with Crippen LogP contribution < -0.4 is 11.1 Å². The standard InChI is InChI=1S/C12H22N6O2/c1-8(2)17(9(3)4)6-5-14-12-10(18(19)20)11(13)15-7-16-12/h7-9H,5-6H2,1-4H3,(H3,13,14,15,16). The minimum Gasteiger partial charge on any atom is -0.378 e. The van der Waals surface area contributed by atoms with Crippen molar-refractivity contribution in [2.24, 2.45) is 0 Å². The molecule has 1 heterocycles. The summed E-state index contributed by atoms with van der Waals surface area (Å²) >= 11 is 0. The van der Waals surface area contributed by atoms with Crippen LogP contribution in [0.15, 0.2) is 6.33 Å². The SMILES string of the molecule is CC(C)N(CCNc1ncnc(N)c1[N+](=O)[O-])C(C)C. The highest BCUT2D eigenvalue weighted by molar-refractivity contribution is 5.67. The van der Waals surface area contributed by atoms with E-state index in [-0.39, 0.29) is 17.3 Å². The zero-order valence-electron chi connectivity index (χ0n) is 12.3. The Kier molecular flexibility index (Phi) is 5.63. The number of anilines is 2. The Labute approximate surface area is 118 Å². The van der Waals surface area contributed by atoms with E-state index in [1.54, 1.807) is 0 Å². The normalized spacial score (nSPS) is 11.3. The molecule has 3 N–H and O–H groups in total. The number of nitrogens with two attached hydrogens (primary N) is 1. The minimum absolute atomic E-state index is 0.128. The number of nitrogens with zero attached hydrogens (tertiary/aromatic N) is 4. The van der Waals surface area contributed by atoms with Gasteiger partial charge in [-0.2, -0.15) is 0 Å². The van der Waals surface area contributed by atoms with Gasteiger partial charge in [0.1, 0.15) is 6.33 Å². The Balaban J connectivity index is 2.71. The Morgan fingerprint density at radius 1 is 1.35 bits per heavy atom. The van der Waals surface area contributed by atoms with Gasteiger partial charge in [0.15, 0.2) is 0 Å². The summed E-state index contributed by atoms with van der Waals surface area (Å²) in [5.74, 6) is 0.0343. The third-order valence-electron chi connectivity index (χ3n) is 3.02. The second-order valence-corrected chi connectivity index (χ2v) is 5.07. The number of hydrogen-bond acceptors (Lipinski definition) is 7. The lowest BCUT2D eigenvalue weighted by Crippen LogP contribution is -2.40. The Hall–Kier alpha value is -1.96. The van der Waals surface area contributed by atoms with E-state index in [2.05, 4.69) is 47.9 Å². The van der Waals surface area contributed by atoms with E-state index in [1.807, 2.05) is 0 Å².